The number of halogens is 5. The maximum Gasteiger partial charge on any atom is 0.417 e. The maximum absolute atomic E-state index is 12.7. The fourth-order valence-electron chi connectivity index (χ4n) is 2.60. The summed E-state index contributed by atoms with van der Waals surface area (Å²) in [6.07, 6.45) is -3.97. The number of carbonyl (C=O) groups excluding carboxylic acids is 1. The lowest BCUT2D eigenvalue weighted by molar-refractivity contribution is -0.384. The monoisotopic (exact) mass is 529 g/mol. The van der Waals surface area contributed by atoms with Gasteiger partial charge in [-0.1, -0.05) is 11.6 Å². The number of nitro groups is 1. The van der Waals surface area contributed by atoms with Gasteiger partial charge in [-0.3, -0.25) is 14.9 Å². The molecule has 2 aromatic carbocycles. The molecule has 0 bridgehead atoms. The normalized spacial score (nSPS) is 11.2. The average molecular weight is 531 g/mol. The molecule has 0 saturated heterocycles. The molecular formula is C20H12BrClF3N3O4. The molecule has 0 spiro atoms. The number of aromatic nitrogens is 1. The zero-order valence-electron chi connectivity index (χ0n) is 16.0. The van der Waals surface area contributed by atoms with E-state index < -0.39 is 22.6 Å². The summed E-state index contributed by atoms with van der Waals surface area (Å²) in [7, 11) is 0. The van der Waals surface area contributed by atoms with Crippen LogP contribution in [0.1, 0.15) is 21.5 Å². The van der Waals surface area contributed by atoms with Gasteiger partial charge in [0.1, 0.15) is 10.8 Å². The summed E-state index contributed by atoms with van der Waals surface area (Å²) in [6, 6.07) is 9.03. The molecule has 1 aromatic heterocycles. The SMILES string of the molecule is Cc1cc(NC(=O)c2cc([N+](=O)[O-])ccc2Br)ccc1Oc1ncc(C(F)(F)F)cc1Cl. The molecule has 0 radical (unpaired) electrons. The maximum atomic E-state index is 12.7. The first kappa shape index (κ1) is 23.5. The number of hydrogen-bond acceptors (Lipinski definition) is 5. The van der Waals surface area contributed by atoms with Gasteiger partial charge in [-0.25, -0.2) is 4.98 Å². The first-order valence-electron chi connectivity index (χ1n) is 8.72. The summed E-state index contributed by atoms with van der Waals surface area (Å²) >= 11 is 9.05. The molecule has 0 aliphatic heterocycles. The molecule has 12 heteroatoms. The molecule has 3 rings (SSSR count). The minimum absolute atomic E-state index is 0.0675. The number of nitro benzene ring substituents is 1. The predicted molar refractivity (Wildman–Crippen MR) is 114 cm³/mol. The summed E-state index contributed by atoms with van der Waals surface area (Å²) in [5.41, 5.74) is -0.280. The second kappa shape index (κ2) is 9.13. The van der Waals surface area contributed by atoms with Gasteiger partial charge in [-0.2, -0.15) is 13.2 Å². The van der Waals surface area contributed by atoms with Crippen molar-refractivity contribution < 1.29 is 27.6 Å². The number of pyridine rings is 1. The van der Waals surface area contributed by atoms with Gasteiger partial charge in [0.25, 0.3) is 11.6 Å². The van der Waals surface area contributed by atoms with E-state index in [-0.39, 0.29) is 27.9 Å². The first-order valence-corrected chi connectivity index (χ1v) is 9.89. The van der Waals surface area contributed by atoms with Crippen LogP contribution in [0.3, 0.4) is 0 Å². The van der Waals surface area contributed by atoms with Gasteiger partial charge in [0.15, 0.2) is 0 Å². The van der Waals surface area contributed by atoms with Gasteiger partial charge < -0.3 is 10.1 Å². The van der Waals surface area contributed by atoms with E-state index >= 15 is 0 Å². The zero-order chi connectivity index (χ0) is 23.6. The molecule has 3 aromatic rings. The Bertz CT molecular complexity index is 1220. The Morgan fingerprint density at radius 3 is 2.53 bits per heavy atom. The van der Waals surface area contributed by atoms with Crippen molar-refractivity contribution in [1.29, 1.82) is 0 Å². The van der Waals surface area contributed by atoms with E-state index in [2.05, 4.69) is 26.2 Å². The summed E-state index contributed by atoms with van der Waals surface area (Å²) < 4.78 is 44.1. The van der Waals surface area contributed by atoms with Gasteiger partial charge in [0.2, 0.25) is 5.88 Å². The minimum atomic E-state index is -4.58. The van der Waals surface area contributed by atoms with Crippen molar-refractivity contribution in [2.24, 2.45) is 0 Å². The quantitative estimate of drug-likeness (QED) is 0.290. The van der Waals surface area contributed by atoms with Crippen molar-refractivity contribution in [2.75, 3.05) is 5.32 Å². The molecule has 0 aliphatic carbocycles. The highest BCUT2D eigenvalue weighted by Crippen LogP contribution is 2.35. The van der Waals surface area contributed by atoms with Crippen LogP contribution in [0.4, 0.5) is 24.5 Å². The highest BCUT2D eigenvalue weighted by molar-refractivity contribution is 9.10. The molecule has 166 valence electrons. The molecule has 1 N–H and O–H groups in total. The van der Waals surface area contributed by atoms with Gasteiger partial charge in [0.05, 0.1) is 16.1 Å². The van der Waals surface area contributed by atoms with E-state index in [1.807, 2.05) is 0 Å². The lowest BCUT2D eigenvalue weighted by atomic mass is 10.1. The van der Waals surface area contributed by atoms with Crippen LogP contribution in [0, 0.1) is 17.0 Å². The van der Waals surface area contributed by atoms with Crippen LogP contribution in [0.15, 0.2) is 53.1 Å². The lowest BCUT2D eigenvalue weighted by Gasteiger charge is -2.13. The molecule has 0 fully saturated rings. The average Bonchev–Trinajstić information content (AvgIpc) is 2.70. The Morgan fingerprint density at radius 2 is 1.94 bits per heavy atom. The van der Waals surface area contributed by atoms with Crippen molar-refractivity contribution in [2.45, 2.75) is 13.1 Å². The molecule has 0 unspecified atom stereocenters. The zero-order valence-corrected chi connectivity index (χ0v) is 18.4. The smallest absolute Gasteiger partial charge is 0.417 e. The second-order valence-corrected chi connectivity index (χ2v) is 7.73. The van der Waals surface area contributed by atoms with E-state index in [0.29, 0.717) is 28.0 Å². The number of aryl methyl sites for hydroxylation is 1. The minimum Gasteiger partial charge on any atom is -0.437 e. The Morgan fingerprint density at radius 1 is 1.22 bits per heavy atom. The van der Waals surface area contributed by atoms with E-state index in [0.717, 1.165) is 6.07 Å². The molecule has 1 heterocycles. The number of nitrogens with one attached hydrogen (secondary N) is 1. The fourth-order valence-corrected chi connectivity index (χ4v) is 3.23. The molecule has 0 atom stereocenters. The molecular weight excluding hydrogens is 519 g/mol. The number of hydrogen-bond donors (Lipinski definition) is 1. The standard InChI is InChI=1S/C20H12BrClF3N3O4/c1-10-6-12(27-18(29)14-8-13(28(30)31)3-4-15(14)21)2-5-17(10)32-19-16(22)7-11(9-26-19)20(23,24)25/h2-9H,1H3,(H,27,29). The van der Waals surface area contributed by atoms with Crippen LogP contribution < -0.4 is 10.1 Å². The van der Waals surface area contributed by atoms with Crippen molar-refractivity contribution in [1.82, 2.24) is 4.98 Å². The predicted octanol–water partition coefficient (Wildman–Crippen LogP) is 6.78. The molecule has 32 heavy (non-hydrogen) atoms. The number of non-ortho nitro benzene ring substituents is 1. The summed E-state index contributed by atoms with van der Waals surface area (Å²) in [4.78, 5) is 26.5. The topological polar surface area (TPSA) is 94.4 Å². The van der Waals surface area contributed by atoms with Gasteiger partial charge >= 0.3 is 6.18 Å². The molecule has 1 amide bonds. The van der Waals surface area contributed by atoms with E-state index in [4.69, 9.17) is 16.3 Å². The van der Waals surface area contributed by atoms with Crippen molar-refractivity contribution >= 4 is 44.8 Å². The second-order valence-electron chi connectivity index (χ2n) is 6.47. The molecule has 7 nitrogen and oxygen atoms in total. The third-order valence-corrected chi connectivity index (χ3v) is 5.14. The number of rotatable bonds is 5. The van der Waals surface area contributed by atoms with Crippen LogP contribution in [0.5, 0.6) is 11.6 Å². The highest BCUT2D eigenvalue weighted by atomic mass is 79.9. The number of ether oxygens (including phenoxy) is 1. The van der Waals surface area contributed by atoms with Crippen molar-refractivity contribution in [3.63, 3.8) is 0 Å². The van der Waals surface area contributed by atoms with Gasteiger partial charge in [-0.15, -0.1) is 0 Å². The van der Waals surface area contributed by atoms with Gasteiger partial charge in [0, 0.05) is 28.5 Å². The summed E-state index contributed by atoms with van der Waals surface area (Å²) in [5.74, 6) is -0.533. The number of benzene rings is 2. The third kappa shape index (κ3) is 5.35. The highest BCUT2D eigenvalue weighted by Gasteiger charge is 2.32. The number of anilines is 1. The number of amides is 1. The Labute approximate surface area is 192 Å². The summed E-state index contributed by atoms with van der Waals surface area (Å²) in [6.45, 7) is 1.65. The van der Waals surface area contributed by atoms with Crippen LogP contribution in [-0.4, -0.2) is 15.8 Å². The fraction of sp³-hybridized carbons (Fsp3) is 0.100. The van der Waals surface area contributed by atoms with Crippen molar-refractivity contribution in [3.8, 4) is 11.6 Å². The van der Waals surface area contributed by atoms with Crippen LogP contribution in [0.25, 0.3) is 0 Å². The Balaban J connectivity index is 1.78. The van der Waals surface area contributed by atoms with E-state index in [9.17, 15) is 28.1 Å². The van der Waals surface area contributed by atoms with E-state index in [1.165, 1.54) is 24.3 Å². The van der Waals surface area contributed by atoms with Crippen LogP contribution in [-0.2, 0) is 6.18 Å². The van der Waals surface area contributed by atoms with Gasteiger partial charge in [-0.05, 0) is 58.7 Å². The Kier molecular flexibility index (Phi) is 6.70. The van der Waals surface area contributed by atoms with Crippen LogP contribution >= 0.6 is 27.5 Å². The largest absolute Gasteiger partial charge is 0.437 e. The number of alkyl halides is 3. The van der Waals surface area contributed by atoms with Crippen molar-refractivity contribution in [3.05, 3.63) is 85.0 Å². The lowest BCUT2D eigenvalue weighted by Crippen LogP contribution is -2.13. The number of nitrogens with zero attached hydrogens (tertiary/aromatic N) is 2. The first-order chi connectivity index (χ1) is 15.0. The summed E-state index contributed by atoms with van der Waals surface area (Å²) in [5, 5.41) is 13.2. The molecule has 0 aliphatic rings. The third-order valence-electron chi connectivity index (χ3n) is 4.18. The number of carbonyl (C=O) groups is 1. The Hall–Kier alpha value is -3.18. The van der Waals surface area contributed by atoms with Crippen LogP contribution in [0.2, 0.25) is 5.02 Å². The molecule has 0 saturated carbocycles. The van der Waals surface area contributed by atoms with E-state index in [1.54, 1.807) is 13.0 Å².